The van der Waals surface area contributed by atoms with Crippen LogP contribution in [-0.2, 0) is 22.6 Å². The van der Waals surface area contributed by atoms with Crippen LogP contribution in [0.5, 0.6) is 17.2 Å². The van der Waals surface area contributed by atoms with Gasteiger partial charge in [0, 0.05) is 6.07 Å². The molecule has 0 atom stereocenters. The second-order valence-corrected chi connectivity index (χ2v) is 8.48. The van der Waals surface area contributed by atoms with Crippen molar-refractivity contribution in [2.75, 3.05) is 19.8 Å². The predicted octanol–water partition coefficient (Wildman–Crippen LogP) is 5.31. The third kappa shape index (κ3) is 5.05. The van der Waals surface area contributed by atoms with Gasteiger partial charge in [0.2, 0.25) is 5.43 Å². The molecule has 0 unspecified atom stereocenters. The molecule has 0 amide bonds. The minimum Gasteiger partial charge on any atom is -0.486 e. The van der Waals surface area contributed by atoms with Crippen molar-refractivity contribution in [2.24, 2.45) is 0 Å². The van der Waals surface area contributed by atoms with Crippen LogP contribution < -0.4 is 19.6 Å². The van der Waals surface area contributed by atoms with E-state index in [1.54, 1.807) is 24.3 Å². The van der Waals surface area contributed by atoms with Gasteiger partial charge in [-0.1, -0.05) is 49.7 Å². The van der Waals surface area contributed by atoms with E-state index in [1.807, 2.05) is 43.3 Å². The molecule has 2 heterocycles. The van der Waals surface area contributed by atoms with Gasteiger partial charge in [0.05, 0.1) is 10.9 Å². The molecule has 0 bridgehead atoms. The molecule has 1 aliphatic heterocycles. The molecule has 0 radical (unpaired) electrons. The number of aryl methyl sites for hydroxylation is 1. The first kappa shape index (κ1) is 23.5. The molecule has 3 aromatic carbocycles. The third-order valence-corrected chi connectivity index (χ3v) is 5.92. The van der Waals surface area contributed by atoms with Gasteiger partial charge in [-0.25, -0.2) is 4.79 Å². The Morgan fingerprint density at radius 2 is 1.78 bits per heavy atom. The number of carbonyl (C=O) groups excluding carboxylic acids is 1. The average molecular weight is 487 g/mol. The van der Waals surface area contributed by atoms with Gasteiger partial charge in [0.1, 0.15) is 37.4 Å². The summed E-state index contributed by atoms with van der Waals surface area (Å²) in [5.74, 6) is 1.28. The van der Waals surface area contributed by atoms with Crippen LogP contribution in [0.25, 0.3) is 22.1 Å². The van der Waals surface area contributed by atoms with Crippen LogP contribution in [0.3, 0.4) is 0 Å². The molecule has 0 spiro atoms. The number of esters is 1. The fraction of sp³-hybridized carbons (Fsp3) is 0.241. The van der Waals surface area contributed by atoms with E-state index in [1.165, 1.54) is 6.26 Å². The maximum atomic E-state index is 13.4. The van der Waals surface area contributed by atoms with Gasteiger partial charge in [0.25, 0.3) is 0 Å². The van der Waals surface area contributed by atoms with Gasteiger partial charge < -0.3 is 23.4 Å². The van der Waals surface area contributed by atoms with Crippen molar-refractivity contribution in [3.05, 3.63) is 88.3 Å². The first-order valence-corrected chi connectivity index (χ1v) is 11.9. The van der Waals surface area contributed by atoms with E-state index in [2.05, 4.69) is 0 Å². The van der Waals surface area contributed by atoms with E-state index in [0.29, 0.717) is 59.0 Å². The summed E-state index contributed by atoms with van der Waals surface area (Å²) in [5.41, 5.74) is 3.08. The fourth-order valence-electron chi connectivity index (χ4n) is 4.13. The van der Waals surface area contributed by atoms with E-state index in [4.69, 9.17) is 23.4 Å². The highest BCUT2D eigenvalue weighted by Crippen LogP contribution is 2.34. The molecule has 1 aromatic heterocycles. The van der Waals surface area contributed by atoms with Crippen LogP contribution in [0.1, 0.15) is 24.5 Å². The summed E-state index contributed by atoms with van der Waals surface area (Å²) in [5, 5.41) is 0.449. The molecule has 5 rings (SSSR count). The van der Waals surface area contributed by atoms with E-state index in [-0.39, 0.29) is 18.6 Å². The summed E-state index contributed by atoms with van der Waals surface area (Å²) in [6.45, 7) is 2.94. The molecular formula is C29H26O7. The summed E-state index contributed by atoms with van der Waals surface area (Å²) in [4.78, 5) is 25.6. The highest BCUT2D eigenvalue weighted by atomic mass is 16.6. The van der Waals surface area contributed by atoms with Crippen LogP contribution in [0.4, 0.5) is 0 Å². The van der Waals surface area contributed by atoms with Crippen molar-refractivity contribution in [3.63, 3.8) is 0 Å². The number of rotatable bonds is 8. The van der Waals surface area contributed by atoms with Crippen molar-refractivity contribution < 1.29 is 28.2 Å². The molecule has 0 fully saturated rings. The standard InChI is InChI=1S/C29H26O7/c1-2-6-21-13-22-26(15-25(21)35-18-28(30)36-16-19-7-4-3-5-8-19)34-17-23(29(22)31)20-9-10-24-27(14-20)33-12-11-32-24/h3-5,7-10,13-15,17H,2,6,11-12,16,18H2,1H3. The molecule has 0 saturated carbocycles. The lowest BCUT2D eigenvalue weighted by molar-refractivity contribution is -0.147. The Labute approximate surface area is 208 Å². The predicted molar refractivity (Wildman–Crippen MR) is 135 cm³/mol. The van der Waals surface area contributed by atoms with Crippen molar-refractivity contribution in [1.29, 1.82) is 0 Å². The zero-order chi connectivity index (χ0) is 24.9. The quantitative estimate of drug-likeness (QED) is 0.312. The van der Waals surface area contributed by atoms with Gasteiger partial charge >= 0.3 is 5.97 Å². The Hall–Kier alpha value is -4.26. The number of fused-ring (bicyclic) bond motifs is 2. The summed E-state index contributed by atoms with van der Waals surface area (Å²) in [6.07, 6.45) is 2.96. The highest BCUT2D eigenvalue weighted by molar-refractivity contribution is 5.84. The largest absolute Gasteiger partial charge is 0.486 e. The SMILES string of the molecule is CCCc1cc2c(=O)c(-c3ccc4c(c3)OCCO4)coc2cc1OCC(=O)OCc1ccccc1. The van der Waals surface area contributed by atoms with Crippen LogP contribution >= 0.6 is 0 Å². The van der Waals surface area contributed by atoms with Crippen molar-refractivity contribution in [3.8, 4) is 28.4 Å². The zero-order valence-corrected chi connectivity index (χ0v) is 20.0. The average Bonchev–Trinajstić information content (AvgIpc) is 2.92. The maximum absolute atomic E-state index is 13.4. The number of carbonyl (C=O) groups is 1. The molecule has 4 aromatic rings. The minimum atomic E-state index is -0.475. The Balaban J connectivity index is 1.38. The molecule has 7 heteroatoms. The Kier molecular flexibility index (Phi) is 6.89. The van der Waals surface area contributed by atoms with E-state index >= 15 is 0 Å². The molecular weight excluding hydrogens is 460 g/mol. The van der Waals surface area contributed by atoms with Crippen molar-refractivity contribution in [1.82, 2.24) is 0 Å². The van der Waals surface area contributed by atoms with Gasteiger partial charge in [-0.3, -0.25) is 4.79 Å². The minimum absolute atomic E-state index is 0.154. The van der Waals surface area contributed by atoms with E-state index in [0.717, 1.165) is 17.5 Å². The molecule has 0 aliphatic carbocycles. The molecule has 1 aliphatic rings. The first-order valence-electron chi connectivity index (χ1n) is 11.9. The van der Waals surface area contributed by atoms with E-state index < -0.39 is 5.97 Å². The summed E-state index contributed by atoms with van der Waals surface area (Å²) < 4.78 is 28.2. The second kappa shape index (κ2) is 10.6. The van der Waals surface area contributed by atoms with Crippen LogP contribution in [0.15, 0.2) is 76.1 Å². The molecule has 184 valence electrons. The lowest BCUT2D eigenvalue weighted by Crippen LogP contribution is -2.16. The zero-order valence-electron chi connectivity index (χ0n) is 20.0. The van der Waals surface area contributed by atoms with E-state index in [9.17, 15) is 9.59 Å². The van der Waals surface area contributed by atoms with Crippen LogP contribution in [-0.4, -0.2) is 25.8 Å². The number of hydrogen-bond donors (Lipinski definition) is 0. The summed E-state index contributed by atoms with van der Waals surface area (Å²) >= 11 is 0. The van der Waals surface area contributed by atoms with Gasteiger partial charge in [-0.15, -0.1) is 0 Å². The number of benzene rings is 3. The maximum Gasteiger partial charge on any atom is 0.344 e. The Morgan fingerprint density at radius 1 is 0.972 bits per heavy atom. The lowest BCUT2D eigenvalue weighted by atomic mass is 10.0. The number of hydrogen-bond acceptors (Lipinski definition) is 7. The second-order valence-electron chi connectivity index (χ2n) is 8.48. The highest BCUT2D eigenvalue weighted by Gasteiger charge is 2.17. The van der Waals surface area contributed by atoms with Crippen LogP contribution in [0, 0.1) is 0 Å². The van der Waals surface area contributed by atoms with Gasteiger partial charge in [-0.05, 0) is 41.3 Å². The lowest BCUT2D eigenvalue weighted by Gasteiger charge is -2.18. The molecule has 0 saturated heterocycles. The number of ether oxygens (including phenoxy) is 4. The molecule has 7 nitrogen and oxygen atoms in total. The Bertz CT molecular complexity index is 1440. The summed E-state index contributed by atoms with van der Waals surface area (Å²) in [6, 6.07) is 18.3. The molecule has 36 heavy (non-hydrogen) atoms. The topological polar surface area (TPSA) is 84.2 Å². The van der Waals surface area contributed by atoms with Gasteiger partial charge in [0.15, 0.2) is 18.1 Å². The third-order valence-electron chi connectivity index (χ3n) is 5.92. The molecule has 0 N–H and O–H groups in total. The van der Waals surface area contributed by atoms with Crippen LogP contribution in [0.2, 0.25) is 0 Å². The van der Waals surface area contributed by atoms with Crippen molar-refractivity contribution in [2.45, 2.75) is 26.4 Å². The fourth-order valence-corrected chi connectivity index (χ4v) is 4.13. The smallest absolute Gasteiger partial charge is 0.344 e. The monoisotopic (exact) mass is 486 g/mol. The normalized spacial score (nSPS) is 12.4. The van der Waals surface area contributed by atoms with Crippen molar-refractivity contribution >= 4 is 16.9 Å². The Morgan fingerprint density at radius 3 is 2.58 bits per heavy atom. The van der Waals surface area contributed by atoms with Gasteiger partial charge in [-0.2, -0.15) is 0 Å². The summed E-state index contributed by atoms with van der Waals surface area (Å²) in [7, 11) is 0. The first-order chi connectivity index (χ1) is 17.6.